The molecule has 0 spiro atoms. The quantitative estimate of drug-likeness (QED) is 0.655. The maximum Gasteiger partial charge on any atom is 0.262 e. The molecule has 2 aromatic rings. The van der Waals surface area contributed by atoms with Crippen LogP contribution in [0, 0.1) is 11.3 Å². The molecule has 0 saturated carbocycles. The van der Waals surface area contributed by atoms with Crippen molar-refractivity contribution < 1.29 is 14.3 Å². The fourth-order valence-corrected chi connectivity index (χ4v) is 2.12. The lowest BCUT2D eigenvalue weighted by Gasteiger charge is -2.08. The maximum atomic E-state index is 12.2. The monoisotopic (exact) mass is 322 g/mol. The van der Waals surface area contributed by atoms with E-state index in [0.717, 1.165) is 5.56 Å². The summed E-state index contributed by atoms with van der Waals surface area (Å²) in [4.78, 5) is 12.2. The molecule has 0 radical (unpaired) electrons. The molecular weight excluding hydrogens is 304 g/mol. The van der Waals surface area contributed by atoms with E-state index in [0.29, 0.717) is 23.6 Å². The number of carbonyl (C=O) groups excluding carboxylic acids is 1. The predicted molar refractivity (Wildman–Crippen MR) is 91.4 cm³/mol. The average Bonchev–Trinajstić information content (AvgIpc) is 2.64. The van der Waals surface area contributed by atoms with Gasteiger partial charge >= 0.3 is 0 Å². The van der Waals surface area contributed by atoms with Crippen LogP contribution in [0.4, 0.5) is 0 Å². The molecule has 122 valence electrons. The van der Waals surface area contributed by atoms with Gasteiger partial charge in [-0.05, 0) is 23.8 Å². The Morgan fingerprint density at radius 3 is 2.54 bits per heavy atom. The van der Waals surface area contributed by atoms with Crippen LogP contribution in [0.25, 0.3) is 6.08 Å². The first-order valence-corrected chi connectivity index (χ1v) is 7.34. The molecule has 0 unspecified atom stereocenters. The summed E-state index contributed by atoms with van der Waals surface area (Å²) in [5, 5.41) is 12.0. The minimum atomic E-state index is -0.431. The van der Waals surface area contributed by atoms with Crippen LogP contribution in [0.3, 0.4) is 0 Å². The molecule has 5 nitrogen and oxygen atoms in total. The first kappa shape index (κ1) is 17.1. The molecular formula is C19H18N2O3. The molecule has 5 heteroatoms. The Labute approximate surface area is 141 Å². The first-order valence-electron chi connectivity index (χ1n) is 7.34. The molecule has 1 N–H and O–H groups in total. The van der Waals surface area contributed by atoms with Gasteiger partial charge < -0.3 is 14.8 Å². The van der Waals surface area contributed by atoms with E-state index in [2.05, 4.69) is 5.32 Å². The molecule has 0 bridgehead atoms. The van der Waals surface area contributed by atoms with Crippen molar-refractivity contribution in [3.05, 3.63) is 65.2 Å². The second-order valence-corrected chi connectivity index (χ2v) is 4.95. The van der Waals surface area contributed by atoms with Gasteiger partial charge in [-0.1, -0.05) is 30.3 Å². The average molecular weight is 322 g/mol. The standard InChI is InChI=1S/C19H18N2O3/c1-23-17-9-8-15(18(11-17)24-2)10-16(12-20)19(22)21-13-14-6-4-3-5-7-14/h3-11H,13H2,1-2H3,(H,21,22)/b16-10-. The molecule has 0 heterocycles. The minimum Gasteiger partial charge on any atom is -0.497 e. The molecule has 0 aliphatic rings. The summed E-state index contributed by atoms with van der Waals surface area (Å²) in [7, 11) is 3.08. The molecule has 0 atom stereocenters. The number of rotatable bonds is 6. The highest BCUT2D eigenvalue weighted by atomic mass is 16.5. The number of nitrogens with zero attached hydrogens (tertiary/aromatic N) is 1. The highest BCUT2D eigenvalue weighted by molar-refractivity contribution is 6.01. The lowest BCUT2D eigenvalue weighted by atomic mass is 10.1. The van der Waals surface area contributed by atoms with Gasteiger partial charge in [0.15, 0.2) is 0 Å². The molecule has 2 aromatic carbocycles. The van der Waals surface area contributed by atoms with Gasteiger partial charge in [0.1, 0.15) is 23.1 Å². The maximum absolute atomic E-state index is 12.2. The summed E-state index contributed by atoms with van der Waals surface area (Å²) < 4.78 is 10.4. The zero-order chi connectivity index (χ0) is 17.4. The third kappa shape index (κ3) is 4.37. The fraction of sp³-hybridized carbons (Fsp3) is 0.158. The van der Waals surface area contributed by atoms with Crippen molar-refractivity contribution in [2.75, 3.05) is 14.2 Å². The van der Waals surface area contributed by atoms with Gasteiger partial charge in [0.2, 0.25) is 0 Å². The van der Waals surface area contributed by atoms with Crippen molar-refractivity contribution in [1.82, 2.24) is 5.32 Å². The smallest absolute Gasteiger partial charge is 0.262 e. The molecule has 24 heavy (non-hydrogen) atoms. The number of hydrogen-bond acceptors (Lipinski definition) is 4. The van der Waals surface area contributed by atoms with Crippen molar-refractivity contribution in [3.63, 3.8) is 0 Å². The lowest BCUT2D eigenvalue weighted by molar-refractivity contribution is -0.117. The Kier molecular flexibility index (Phi) is 5.98. The number of amides is 1. The van der Waals surface area contributed by atoms with Crippen LogP contribution in [0.1, 0.15) is 11.1 Å². The molecule has 0 aliphatic carbocycles. The number of ether oxygens (including phenoxy) is 2. The molecule has 0 aliphatic heterocycles. The number of benzene rings is 2. The largest absolute Gasteiger partial charge is 0.497 e. The van der Waals surface area contributed by atoms with Gasteiger partial charge in [0.25, 0.3) is 5.91 Å². The third-order valence-corrected chi connectivity index (χ3v) is 3.40. The van der Waals surface area contributed by atoms with Crippen LogP contribution < -0.4 is 14.8 Å². The Morgan fingerprint density at radius 2 is 1.92 bits per heavy atom. The van der Waals surface area contributed by atoms with E-state index in [1.807, 2.05) is 36.4 Å². The second-order valence-electron chi connectivity index (χ2n) is 4.95. The topological polar surface area (TPSA) is 71.3 Å². The van der Waals surface area contributed by atoms with Gasteiger partial charge in [-0.3, -0.25) is 4.79 Å². The normalized spacial score (nSPS) is 10.6. The zero-order valence-electron chi connectivity index (χ0n) is 13.6. The van der Waals surface area contributed by atoms with Crippen molar-refractivity contribution >= 4 is 12.0 Å². The Balaban J connectivity index is 2.16. The van der Waals surface area contributed by atoms with Crippen LogP contribution >= 0.6 is 0 Å². The SMILES string of the molecule is COc1ccc(/C=C(/C#N)C(=O)NCc2ccccc2)c(OC)c1. The van der Waals surface area contributed by atoms with Gasteiger partial charge in [-0.2, -0.15) is 5.26 Å². The summed E-state index contributed by atoms with van der Waals surface area (Å²) in [5.41, 5.74) is 1.60. The molecule has 2 rings (SSSR count). The fourth-order valence-electron chi connectivity index (χ4n) is 2.12. The van der Waals surface area contributed by atoms with Crippen molar-refractivity contribution in [3.8, 4) is 17.6 Å². The van der Waals surface area contributed by atoms with Crippen LogP contribution in [-0.4, -0.2) is 20.1 Å². The van der Waals surface area contributed by atoms with Crippen LogP contribution in [-0.2, 0) is 11.3 Å². The van der Waals surface area contributed by atoms with Gasteiger partial charge in [0, 0.05) is 18.2 Å². The van der Waals surface area contributed by atoms with Gasteiger partial charge in [-0.25, -0.2) is 0 Å². The number of nitriles is 1. The predicted octanol–water partition coefficient (Wildman–Crippen LogP) is 2.93. The Morgan fingerprint density at radius 1 is 1.17 bits per heavy atom. The highest BCUT2D eigenvalue weighted by Crippen LogP contribution is 2.26. The third-order valence-electron chi connectivity index (χ3n) is 3.40. The number of carbonyl (C=O) groups is 1. The van der Waals surface area contributed by atoms with Crippen molar-refractivity contribution in [2.45, 2.75) is 6.54 Å². The molecule has 0 aromatic heterocycles. The van der Waals surface area contributed by atoms with Gasteiger partial charge in [-0.15, -0.1) is 0 Å². The van der Waals surface area contributed by atoms with Crippen molar-refractivity contribution in [1.29, 1.82) is 5.26 Å². The van der Waals surface area contributed by atoms with Gasteiger partial charge in [0.05, 0.1) is 14.2 Å². The Hall–Kier alpha value is -3.26. The number of nitrogens with one attached hydrogen (secondary N) is 1. The van der Waals surface area contributed by atoms with Crippen molar-refractivity contribution in [2.24, 2.45) is 0 Å². The summed E-state index contributed by atoms with van der Waals surface area (Å²) in [6.45, 7) is 0.360. The second kappa shape index (κ2) is 8.39. The number of methoxy groups -OCH3 is 2. The Bertz CT molecular complexity index is 777. The highest BCUT2D eigenvalue weighted by Gasteiger charge is 2.11. The van der Waals surface area contributed by atoms with E-state index >= 15 is 0 Å². The van der Waals surface area contributed by atoms with E-state index in [-0.39, 0.29) is 5.57 Å². The molecule has 0 saturated heterocycles. The van der Waals surface area contributed by atoms with E-state index in [9.17, 15) is 10.1 Å². The molecule has 0 fully saturated rings. The van der Waals surface area contributed by atoms with Crippen LogP contribution in [0.5, 0.6) is 11.5 Å². The van der Waals surface area contributed by atoms with Crippen LogP contribution in [0.2, 0.25) is 0 Å². The lowest BCUT2D eigenvalue weighted by Crippen LogP contribution is -2.23. The minimum absolute atomic E-state index is 0.00870. The van der Waals surface area contributed by atoms with E-state index < -0.39 is 5.91 Å². The summed E-state index contributed by atoms with van der Waals surface area (Å²) >= 11 is 0. The van der Waals surface area contributed by atoms with Crippen LogP contribution in [0.15, 0.2) is 54.1 Å². The van der Waals surface area contributed by atoms with E-state index in [1.54, 1.807) is 25.3 Å². The van der Waals surface area contributed by atoms with E-state index in [4.69, 9.17) is 9.47 Å². The van der Waals surface area contributed by atoms with E-state index in [1.165, 1.54) is 13.2 Å². The first-order chi connectivity index (χ1) is 11.7. The number of hydrogen-bond donors (Lipinski definition) is 1. The molecule has 1 amide bonds. The summed E-state index contributed by atoms with van der Waals surface area (Å²) in [5.74, 6) is 0.730. The summed E-state index contributed by atoms with van der Waals surface area (Å²) in [6.07, 6.45) is 1.50. The summed E-state index contributed by atoms with van der Waals surface area (Å²) in [6, 6.07) is 16.6. The zero-order valence-corrected chi connectivity index (χ0v) is 13.6.